The summed E-state index contributed by atoms with van der Waals surface area (Å²) in [7, 11) is 1.65. The average Bonchev–Trinajstić information content (AvgIpc) is 3.00. The molecular formula is C17H21N3O2S. The number of amides is 2. The average molecular weight is 331 g/mol. The van der Waals surface area contributed by atoms with Crippen molar-refractivity contribution in [3.8, 4) is 0 Å². The second kappa shape index (κ2) is 7.10. The van der Waals surface area contributed by atoms with Gasteiger partial charge in [0.2, 0.25) is 5.91 Å². The number of nitrogens with zero attached hydrogens (tertiary/aromatic N) is 1. The van der Waals surface area contributed by atoms with Gasteiger partial charge in [-0.1, -0.05) is 18.2 Å². The van der Waals surface area contributed by atoms with E-state index in [4.69, 9.17) is 0 Å². The van der Waals surface area contributed by atoms with Gasteiger partial charge in [0, 0.05) is 41.6 Å². The third kappa shape index (κ3) is 3.71. The molecular weight excluding hydrogens is 310 g/mol. The number of piperidine rings is 1. The van der Waals surface area contributed by atoms with Crippen molar-refractivity contribution in [1.29, 1.82) is 0 Å². The second-order valence-electron chi connectivity index (χ2n) is 5.84. The van der Waals surface area contributed by atoms with Gasteiger partial charge in [-0.25, -0.2) is 0 Å². The molecule has 0 radical (unpaired) electrons. The summed E-state index contributed by atoms with van der Waals surface area (Å²) in [6.45, 7) is 2.11. The number of benzene rings is 1. The van der Waals surface area contributed by atoms with Crippen LogP contribution in [0.25, 0.3) is 10.1 Å². The van der Waals surface area contributed by atoms with Gasteiger partial charge in [0.1, 0.15) is 0 Å². The van der Waals surface area contributed by atoms with Crippen molar-refractivity contribution in [2.75, 3.05) is 26.7 Å². The Kier molecular flexibility index (Phi) is 4.93. The molecule has 5 nitrogen and oxygen atoms in total. The highest BCUT2D eigenvalue weighted by Gasteiger charge is 2.23. The normalized spacial score (nSPS) is 16.4. The molecule has 3 rings (SSSR count). The van der Waals surface area contributed by atoms with Crippen LogP contribution in [0, 0.1) is 0 Å². The highest BCUT2D eigenvalue weighted by atomic mass is 32.1. The van der Waals surface area contributed by atoms with Crippen molar-refractivity contribution in [2.24, 2.45) is 0 Å². The third-order valence-electron chi connectivity index (χ3n) is 4.29. The highest BCUT2D eigenvalue weighted by molar-refractivity contribution is 7.17. The molecule has 6 heteroatoms. The first-order valence-corrected chi connectivity index (χ1v) is 8.75. The predicted octanol–water partition coefficient (Wildman–Crippen LogP) is 1.84. The molecule has 2 N–H and O–H groups in total. The Morgan fingerprint density at radius 3 is 2.74 bits per heavy atom. The topological polar surface area (TPSA) is 61.4 Å². The second-order valence-corrected chi connectivity index (χ2v) is 6.75. The summed E-state index contributed by atoms with van der Waals surface area (Å²) < 4.78 is 1.14. The van der Waals surface area contributed by atoms with Gasteiger partial charge in [-0.05, 0) is 18.9 Å². The van der Waals surface area contributed by atoms with E-state index in [1.54, 1.807) is 18.4 Å². The van der Waals surface area contributed by atoms with Crippen molar-refractivity contribution in [3.05, 3.63) is 35.2 Å². The largest absolute Gasteiger partial charge is 0.358 e. The van der Waals surface area contributed by atoms with Gasteiger partial charge in [-0.2, -0.15) is 0 Å². The fourth-order valence-electron chi connectivity index (χ4n) is 2.93. The molecule has 2 aromatic rings. The molecule has 1 aromatic carbocycles. The minimum Gasteiger partial charge on any atom is -0.358 e. The first kappa shape index (κ1) is 16.0. The number of fused-ring (bicyclic) bond motifs is 1. The van der Waals surface area contributed by atoms with Crippen LogP contribution in [0.4, 0.5) is 0 Å². The van der Waals surface area contributed by atoms with Crippen molar-refractivity contribution in [1.82, 2.24) is 15.5 Å². The number of carbonyl (C=O) groups is 2. The van der Waals surface area contributed by atoms with E-state index in [0.717, 1.165) is 41.6 Å². The van der Waals surface area contributed by atoms with Crippen LogP contribution in [0.15, 0.2) is 29.6 Å². The number of thiophene rings is 1. The molecule has 2 amide bonds. The fourth-order valence-corrected chi connectivity index (χ4v) is 3.88. The summed E-state index contributed by atoms with van der Waals surface area (Å²) in [5.41, 5.74) is 0.762. The third-order valence-corrected chi connectivity index (χ3v) is 5.26. The molecule has 1 aliphatic rings. The summed E-state index contributed by atoms with van der Waals surface area (Å²) in [4.78, 5) is 26.0. The summed E-state index contributed by atoms with van der Waals surface area (Å²) >= 11 is 1.60. The molecule has 0 spiro atoms. The van der Waals surface area contributed by atoms with E-state index >= 15 is 0 Å². The van der Waals surface area contributed by atoms with Crippen LogP contribution in [0.1, 0.15) is 23.2 Å². The zero-order valence-corrected chi connectivity index (χ0v) is 14.0. The van der Waals surface area contributed by atoms with Crippen LogP contribution in [-0.4, -0.2) is 49.4 Å². The van der Waals surface area contributed by atoms with Gasteiger partial charge in [0.15, 0.2) is 0 Å². The Bertz CT molecular complexity index is 705. The summed E-state index contributed by atoms with van der Waals surface area (Å²) in [5, 5.41) is 8.74. The van der Waals surface area contributed by atoms with Crippen LogP contribution in [0.3, 0.4) is 0 Å². The summed E-state index contributed by atoms with van der Waals surface area (Å²) in [5.74, 6) is 0.0458. The Hall–Kier alpha value is -1.92. The van der Waals surface area contributed by atoms with Crippen LogP contribution < -0.4 is 10.6 Å². The van der Waals surface area contributed by atoms with E-state index in [1.165, 1.54) is 0 Å². The van der Waals surface area contributed by atoms with Gasteiger partial charge in [-0.15, -0.1) is 11.3 Å². The molecule has 0 unspecified atom stereocenters. The number of likely N-dealkylation sites (N-methyl/N-ethyl adjacent to an activating group) is 1. The maximum absolute atomic E-state index is 12.5. The molecule has 122 valence electrons. The number of carbonyl (C=O) groups excluding carboxylic acids is 2. The first-order valence-electron chi connectivity index (χ1n) is 7.87. The zero-order valence-electron chi connectivity index (χ0n) is 13.2. The molecule has 1 aliphatic heterocycles. The molecule has 1 fully saturated rings. The zero-order chi connectivity index (χ0) is 16.2. The number of hydrogen-bond donors (Lipinski definition) is 2. The predicted molar refractivity (Wildman–Crippen MR) is 92.8 cm³/mol. The van der Waals surface area contributed by atoms with Crippen LogP contribution in [0.5, 0.6) is 0 Å². The van der Waals surface area contributed by atoms with Gasteiger partial charge in [0.25, 0.3) is 5.91 Å². The van der Waals surface area contributed by atoms with Crippen LogP contribution in [-0.2, 0) is 4.79 Å². The van der Waals surface area contributed by atoms with Gasteiger partial charge in [0.05, 0.1) is 12.1 Å². The number of nitrogens with one attached hydrogen (secondary N) is 2. The van der Waals surface area contributed by atoms with E-state index in [0.29, 0.717) is 6.54 Å². The monoisotopic (exact) mass is 331 g/mol. The van der Waals surface area contributed by atoms with E-state index in [1.807, 2.05) is 29.6 Å². The molecule has 0 saturated carbocycles. The minimum absolute atomic E-state index is 0.00667. The van der Waals surface area contributed by atoms with Crippen molar-refractivity contribution >= 4 is 33.2 Å². The van der Waals surface area contributed by atoms with Gasteiger partial charge >= 0.3 is 0 Å². The Morgan fingerprint density at radius 1 is 1.26 bits per heavy atom. The number of rotatable bonds is 4. The fraction of sp³-hybridized carbons (Fsp3) is 0.412. The maximum atomic E-state index is 12.5. The van der Waals surface area contributed by atoms with Crippen molar-refractivity contribution < 1.29 is 9.59 Å². The summed E-state index contributed by atoms with van der Waals surface area (Å²) in [6, 6.07) is 8.16. The standard InChI is InChI=1S/C17H21N3O2S/c1-18-16(21)10-20-8-6-12(7-9-20)19-17(22)14-11-23-15-5-3-2-4-13(14)15/h2-5,11-12H,6-10H2,1H3,(H,18,21)(H,19,22). The molecule has 23 heavy (non-hydrogen) atoms. The Labute approximate surface area is 139 Å². The molecule has 1 saturated heterocycles. The lowest BCUT2D eigenvalue weighted by molar-refractivity contribution is -0.122. The molecule has 0 bridgehead atoms. The highest BCUT2D eigenvalue weighted by Crippen LogP contribution is 2.25. The lowest BCUT2D eigenvalue weighted by Crippen LogP contribution is -2.47. The SMILES string of the molecule is CNC(=O)CN1CCC(NC(=O)c2csc3ccccc23)CC1. The molecule has 0 aliphatic carbocycles. The van der Waals surface area contributed by atoms with E-state index in [9.17, 15) is 9.59 Å². The quantitative estimate of drug-likeness (QED) is 0.899. The van der Waals surface area contributed by atoms with Crippen molar-refractivity contribution in [2.45, 2.75) is 18.9 Å². The molecule has 2 heterocycles. The van der Waals surface area contributed by atoms with Crippen molar-refractivity contribution in [3.63, 3.8) is 0 Å². The number of likely N-dealkylation sites (tertiary alicyclic amines) is 1. The van der Waals surface area contributed by atoms with Crippen LogP contribution in [0.2, 0.25) is 0 Å². The van der Waals surface area contributed by atoms with E-state index in [2.05, 4.69) is 15.5 Å². The van der Waals surface area contributed by atoms with E-state index < -0.39 is 0 Å². The Morgan fingerprint density at radius 2 is 2.00 bits per heavy atom. The summed E-state index contributed by atoms with van der Waals surface area (Å²) in [6.07, 6.45) is 1.76. The smallest absolute Gasteiger partial charge is 0.252 e. The van der Waals surface area contributed by atoms with Gasteiger partial charge in [-0.3, -0.25) is 14.5 Å². The van der Waals surface area contributed by atoms with E-state index in [-0.39, 0.29) is 17.9 Å². The first-order chi connectivity index (χ1) is 11.2. The minimum atomic E-state index is 0.00667. The molecule has 1 aromatic heterocycles. The number of hydrogen-bond acceptors (Lipinski definition) is 4. The van der Waals surface area contributed by atoms with Crippen LogP contribution >= 0.6 is 11.3 Å². The Balaban J connectivity index is 1.56. The van der Waals surface area contributed by atoms with Gasteiger partial charge < -0.3 is 10.6 Å². The molecule has 0 atom stereocenters. The lowest BCUT2D eigenvalue weighted by atomic mass is 10.0. The maximum Gasteiger partial charge on any atom is 0.252 e. The lowest BCUT2D eigenvalue weighted by Gasteiger charge is -2.31.